The summed E-state index contributed by atoms with van der Waals surface area (Å²) in [6.45, 7) is 0.924. The summed E-state index contributed by atoms with van der Waals surface area (Å²) in [6.07, 6.45) is 2.99. The van der Waals surface area contributed by atoms with E-state index in [9.17, 15) is 0 Å². The standard InChI is InChI=1S/C18H17N3/c19-15-5-6-17-13(10-15)7-8-20-18(17)21-11-14-9-12-3-1-2-4-16(12)14/h1-8,10,14H,9,11,19H2,(H,20,21). The molecule has 4 rings (SSSR count). The van der Waals surface area contributed by atoms with Gasteiger partial charge < -0.3 is 11.1 Å². The number of hydrogen-bond donors (Lipinski definition) is 2. The first-order valence-corrected chi connectivity index (χ1v) is 7.27. The van der Waals surface area contributed by atoms with E-state index in [1.807, 2.05) is 30.5 Å². The number of nitrogens with one attached hydrogen (secondary N) is 1. The van der Waals surface area contributed by atoms with Crippen molar-refractivity contribution in [2.75, 3.05) is 17.6 Å². The second-order valence-corrected chi connectivity index (χ2v) is 5.62. The van der Waals surface area contributed by atoms with Crippen LogP contribution in [-0.2, 0) is 6.42 Å². The Balaban J connectivity index is 1.56. The lowest BCUT2D eigenvalue weighted by Crippen LogP contribution is -2.24. The van der Waals surface area contributed by atoms with Crippen LogP contribution in [-0.4, -0.2) is 11.5 Å². The Morgan fingerprint density at radius 1 is 1.14 bits per heavy atom. The summed E-state index contributed by atoms with van der Waals surface area (Å²) < 4.78 is 0. The van der Waals surface area contributed by atoms with Gasteiger partial charge in [-0.25, -0.2) is 4.98 Å². The number of anilines is 2. The maximum atomic E-state index is 5.84. The normalized spacial score (nSPS) is 16.3. The molecule has 1 aliphatic rings. The minimum absolute atomic E-state index is 0.590. The molecule has 1 aromatic heterocycles. The molecule has 1 unspecified atom stereocenters. The molecule has 0 bridgehead atoms. The number of fused-ring (bicyclic) bond motifs is 2. The first-order valence-electron chi connectivity index (χ1n) is 7.27. The zero-order valence-corrected chi connectivity index (χ0v) is 11.7. The largest absolute Gasteiger partial charge is 0.399 e. The van der Waals surface area contributed by atoms with Crippen LogP contribution in [0.4, 0.5) is 11.5 Å². The van der Waals surface area contributed by atoms with Gasteiger partial charge in [0.25, 0.3) is 0 Å². The van der Waals surface area contributed by atoms with Gasteiger partial charge in [-0.05, 0) is 47.2 Å². The zero-order chi connectivity index (χ0) is 14.2. The Hall–Kier alpha value is -2.55. The van der Waals surface area contributed by atoms with Crippen LogP contribution >= 0.6 is 0 Å². The van der Waals surface area contributed by atoms with Crippen molar-refractivity contribution in [3.05, 3.63) is 65.9 Å². The molecule has 1 atom stereocenters. The van der Waals surface area contributed by atoms with Crippen molar-refractivity contribution >= 4 is 22.3 Å². The van der Waals surface area contributed by atoms with E-state index in [0.29, 0.717) is 5.92 Å². The van der Waals surface area contributed by atoms with E-state index in [-0.39, 0.29) is 0 Å². The second kappa shape index (κ2) is 4.77. The summed E-state index contributed by atoms with van der Waals surface area (Å²) in [5, 5.41) is 5.75. The van der Waals surface area contributed by atoms with Crippen molar-refractivity contribution < 1.29 is 0 Å². The first kappa shape index (κ1) is 12.2. The van der Waals surface area contributed by atoms with E-state index in [4.69, 9.17) is 5.73 Å². The van der Waals surface area contributed by atoms with Gasteiger partial charge in [-0.3, -0.25) is 0 Å². The lowest BCUT2D eigenvalue weighted by atomic mass is 9.77. The molecule has 0 fully saturated rings. The number of rotatable bonds is 3. The van der Waals surface area contributed by atoms with Crippen LogP contribution in [0.1, 0.15) is 17.0 Å². The molecule has 0 saturated carbocycles. The summed E-state index contributed by atoms with van der Waals surface area (Å²) in [6, 6.07) is 16.6. The van der Waals surface area contributed by atoms with Crippen LogP contribution in [0.2, 0.25) is 0 Å². The summed E-state index contributed by atoms with van der Waals surface area (Å²) in [5.74, 6) is 1.53. The highest BCUT2D eigenvalue weighted by molar-refractivity contribution is 5.93. The van der Waals surface area contributed by atoms with Gasteiger partial charge in [0, 0.05) is 29.7 Å². The van der Waals surface area contributed by atoms with Crippen molar-refractivity contribution in [2.24, 2.45) is 0 Å². The average Bonchev–Trinajstić information content (AvgIpc) is 2.48. The predicted molar refractivity (Wildman–Crippen MR) is 87.5 cm³/mol. The number of nitrogen functional groups attached to an aromatic ring is 1. The minimum Gasteiger partial charge on any atom is -0.399 e. The summed E-state index contributed by atoms with van der Waals surface area (Å²) in [7, 11) is 0. The van der Waals surface area contributed by atoms with Crippen LogP contribution in [0.25, 0.3) is 10.8 Å². The fourth-order valence-corrected chi connectivity index (χ4v) is 3.10. The highest BCUT2D eigenvalue weighted by Gasteiger charge is 2.25. The molecule has 104 valence electrons. The van der Waals surface area contributed by atoms with Gasteiger partial charge in [0.2, 0.25) is 0 Å². The molecule has 3 nitrogen and oxygen atoms in total. The molecule has 1 heterocycles. The van der Waals surface area contributed by atoms with Crippen molar-refractivity contribution in [2.45, 2.75) is 12.3 Å². The Bertz CT molecular complexity index is 810. The second-order valence-electron chi connectivity index (χ2n) is 5.62. The zero-order valence-electron chi connectivity index (χ0n) is 11.7. The third-order valence-electron chi connectivity index (χ3n) is 4.27. The van der Waals surface area contributed by atoms with Gasteiger partial charge in [0.1, 0.15) is 5.82 Å². The lowest BCUT2D eigenvalue weighted by Gasteiger charge is -2.30. The van der Waals surface area contributed by atoms with Gasteiger partial charge in [-0.2, -0.15) is 0 Å². The molecule has 0 saturated heterocycles. The van der Waals surface area contributed by atoms with E-state index in [1.54, 1.807) is 0 Å². The number of aromatic nitrogens is 1. The minimum atomic E-state index is 0.590. The van der Waals surface area contributed by atoms with Crippen molar-refractivity contribution in [3.63, 3.8) is 0 Å². The van der Waals surface area contributed by atoms with Crippen molar-refractivity contribution in [1.29, 1.82) is 0 Å². The van der Waals surface area contributed by atoms with Crippen LogP contribution < -0.4 is 11.1 Å². The molecule has 0 radical (unpaired) electrons. The molecule has 0 spiro atoms. The molecule has 3 aromatic rings. The summed E-state index contributed by atoms with van der Waals surface area (Å²) in [5.41, 5.74) is 9.57. The number of nitrogens with zero attached hydrogens (tertiary/aromatic N) is 1. The van der Waals surface area contributed by atoms with Gasteiger partial charge in [-0.15, -0.1) is 0 Å². The highest BCUT2D eigenvalue weighted by atomic mass is 15.0. The first-order chi connectivity index (χ1) is 10.3. The molecule has 0 aliphatic heterocycles. The highest BCUT2D eigenvalue weighted by Crippen LogP contribution is 2.35. The molecule has 3 N–H and O–H groups in total. The molecule has 3 heteroatoms. The fourth-order valence-electron chi connectivity index (χ4n) is 3.10. The van der Waals surface area contributed by atoms with Crippen LogP contribution in [0.15, 0.2) is 54.7 Å². The molecular formula is C18H17N3. The third-order valence-corrected chi connectivity index (χ3v) is 4.27. The average molecular weight is 275 g/mol. The Kier molecular flexibility index (Phi) is 2.78. The van der Waals surface area contributed by atoms with E-state index < -0.39 is 0 Å². The molecular weight excluding hydrogens is 258 g/mol. The maximum Gasteiger partial charge on any atom is 0.133 e. The quantitative estimate of drug-likeness (QED) is 0.718. The SMILES string of the molecule is Nc1ccc2c(NCC3Cc4ccccc43)nccc2c1. The Morgan fingerprint density at radius 3 is 2.95 bits per heavy atom. The molecule has 21 heavy (non-hydrogen) atoms. The topological polar surface area (TPSA) is 50.9 Å². The third kappa shape index (κ3) is 2.11. The van der Waals surface area contributed by atoms with Crippen molar-refractivity contribution in [1.82, 2.24) is 4.98 Å². The van der Waals surface area contributed by atoms with Gasteiger partial charge in [-0.1, -0.05) is 24.3 Å². The van der Waals surface area contributed by atoms with E-state index in [0.717, 1.165) is 35.2 Å². The van der Waals surface area contributed by atoms with Gasteiger partial charge >= 0.3 is 0 Å². The monoisotopic (exact) mass is 275 g/mol. The smallest absolute Gasteiger partial charge is 0.133 e. The van der Waals surface area contributed by atoms with E-state index in [1.165, 1.54) is 11.1 Å². The van der Waals surface area contributed by atoms with Gasteiger partial charge in [0.15, 0.2) is 0 Å². The van der Waals surface area contributed by atoms with Crippen LogP contribution in [0.3, 0.4) is 0 Å². The predicted octanol–water partition coefficient (Wildman–Crippen LogP) is 3.57. The number of pyridine rings is 1. The fraction of sp³-hybridized carbons (Fsp3) is 0.167. The molecule has 2 aromatic carbocycles. The lowest BCUT2D eigenvalue weighted by molar-refractivity contribution is 0.635. The Morgan fingerprint density at radius 2 is 2.05 bits per heavy atom. The number of hydrogen-bond acceptors (Lipinski definition) is 3. The van der Waals surface area contributed by atoms with Crippen LogP contribution in [0, 0.1) is 0 Å². The number of nitrogens with two attached hydrogens (primary N) is 1. The number of benzene rings is 2. The molecule has 1 aliphatic carbocycles. The Labute approximate surface area is 123 Å². The van der Waals surface area contributed by atoms with Crippen molar-refractivity contribution in [3.8, 4) is 0 Å². The van der Waals surface area contributed by atoms with E-state index >= 15 is 0 Å². The van der Waals surface area contributed by atoms with Gasteiger partial charge in [0.05, 0.1) is 0 Å². The molecule has 0 amide bonds. The maximum absolute atomic E-state index is 5.84. The summed E-state index contributed by atoms with van der Waals surface area (Å²) >= 11 is 0. The van der Waals surface area contributed by atoms with E-state index in [2.05, 4.69) is 34.6 Å². The van der Waals surface area contributed by atoms with Crippen LogP contribution in [0.5, 0.6) is 0 Å². The summed E-state index contributed by atoms with van der Waals surface area (Å²) in [4.78, 5) is 4.47.